The van der Waals surface area contributed by atoms with E-state index in [9.17, 15) is 0 Å². The molecule has 2 N–H and O–H groups in total. The van der Waals surface area contributed by atoms with Gasteiger partial charge in [-0.2, -0.15) is 0 Å². The van der Waals surface area contributed by atoms with Crippen LogP contribution in [0.3, 0.4) is 0 Å². The molecule has 2 fully saturated rings. The minimum Gasteiger partial charge on any atom is -0.364 e. The van der Waals surface area contributed by atoms with Crippen LogP contribution >= 0.6 is 11.3 Å². The highest BCUT2D eigenvalue weighted by Crippen LogP contribution is 2.34. The molecule has 6 heteroatoms. The van der Waals surface area contributed by atoms with Crippen LogP contribution in [-0.2, 0) is 0 Å². The molecule has 2 aliphatic rings. The molecule has 1 aromatic carbocycles. The lowest BCUT2D eigenvalue weighted by atomic mass is 10.1. The molecule has 2 aliphatic heterocycles. The summed E-state index contributed by atoms with van der Waals surface area (Å²) in [7, 11) is 0. The first kappa shape index (κ1) is 16.7. The molecular formula is C21H23N5S. The quantitative estimate of drug-likeness (QED) is 0.706. The van der Waals surface area contributed by atoms with E-state index < -0.39 is 0 Å². The number of hydrogen-bond donors (Lipinski definition) is 2. The van der Waals surface area contributed by atoms with Gasteiger partial charge in [-0.15, -0.1) is 11.3 Å². The second kappa shape index (κ2) is 6.94. The van der Waals surface area contributed by atoms with Crippen molar-refractivity contribution in [2.75, 3.05) is 23.3 Å². The summed E-state index contributed by atoms with van der Waals surface area (Å²) in [6.45, 7) is 4.32. The fourth-order valence-corrected chi connectivity index (χ4v) is 4.96. The first-order chi connectivity index (χ1) is 13.3. The molecule has 0 radical (unpaired) electrons. The average Bonchev–Trinajstić information content (AvgIpc) is 3.45. The van der Waals surface area contributed by atoms with Crippen molar-refractivity contribution in [1.29, 1.82) is 0 Å². The number of rotatable bonds is 5. The van der Waals surface area contributed by atoms with E-state index in [0.717, 1.165) is 35.3 Å². The van der Waals surface area contributed by atoms with Crippen LogP contribution in [0.25, 0.3) is 11.3 Å². The summed E-state index contributed by atoms with van der Waals surface area (Å²) < 4.78 is 0. The standard InChI is InChI=1S/C21H23N5S/c1-14(15-5-3-2-4-6-15)24-20-9-16(7-8-22-20)19-13-27-21(25-19)26-12-17-10-18(26)11-23-17/h2-9,13-14,17-18,23H,10-12H2,1H3,(H,22,24). The van der Waals surface area contributed by atoms with Crippen LogP contribution in [0.5, 0.6) is 0 Å². The van der Waals surface area contributed by atoms with E-state index in [0.29, 0.717) is 12.1 Å². The van der Waals surface area contributed by atoms with E-state index in [1.807, 2.05) is 18.3 Å². The fourth-order valence-electron chi connectivity index (χ4n) is 4.04. The third kappa shape index (κ3) is 3.31. The first-order valence-corrected chi connectivity index (χ1v) is 10.4. The van der Waals surface area contributed by atoms with Gasteiger partial charge in [-0.3, -0.25) is 0 Å². The third-order valence-corrected chi connectivity index (χ3v) is 6.39. The van der Waals surface area contributed by atoms with Crippen LogP contribution in [0, 0.1) is 0 Å². The first-order valence-electron chi connectivity index (χ1n) is 9.50. The zero-order chi connectivity index (χ0) is 18.2. The van der Waals surface area contributed by atoms with E-state index in [1.54, 1.807) is 11.3 Å². The van der Waals surface area contributed by atoms with Crippen molar-refractivity contribution in [3.63, 3.8) is 0 Å². The highest BCUT2D eigenvalue weighted by molar-refractivity contribution is 7.14. The van der Waals surface area contributed by atoms with Crippen LogP contribution in [0.4, 0.5) is 10.9 Å². The van der Waals surface area contributed by atoms with Gasteiger partial charge in [0.15, 0.2) is 5.13 Å². The number of nitrogens with zero attached hydrogens (tertiary/aromatic N) is 3. The predicted octanol–water partition coefficient (Wildman–Crippen LogP) is 3.93. The molecule has 2 aromatic heterocycles. The molecular weight excluding hydrogens is 354 g/mol. The molecule has 3 atom stereocenters. The Morgan fingerprint density at radius 1 is 1.26 bits per heavy atom. The van der Waals surface area contributed by atoms with E-state index in [-0.39, 0.29) is 6.04 Å². The smallest absolute Gasteiger partial charge is 0.186 e. The lowest BCUT2D eigenvalue weighted by Gasteiger charge is -2.26. The average molecular weight is 378 g/mol. The Morgan fingerprint density at radius 2 is 2.15 bits per heavy atom. The van der Waals surface area contributed by atoms with Gasteiger partial charge in [-0.25, -0.2) is 9.97 Å². The number of thiazole rings is 1. The fraction of sp³-hybridized carbons (Fsp3) is 0.333. The largest absolute Gasteiger partial charge is 0.364 e. The Bertz CT molecular complexity index is 925. The summed E-state index contributed by atoms with van der Waals surface area (Å²) in [5.41, 5.74) is 3.39. The monoisotopic (exact) mass is 377 g/mol. The highest BCUT2D eigenvalue weighted by Gasteiger charge is 2.38. The maximum Gasteiger partial charge on any atom is 0.186 e. The summed E-state index contributed by atoms with van der Waals surface area (Å²) in [5.74, 6) is 0.878. The van der Waals surface area contributed by atoms with Crippen molar-refractivity contribution in [1.82, 2.24) is 15.3 Å². The van der Waals surface area contributed by atoms with Crippen LogP contribution in [0.15, 0.2) is 54.0 Å². The zero-order valence-electron chi connectivity index (χ0n) is 15.3. The van der Waals surface area contributed by atoms with Crippen LogP contribution in [0.1, 0.15) is 24.9 Å². The number of fused-ring (bicyclic) bond motifs is 2. The zero-order valence-corrected chi connectivity index (χ0v) is 16.1. The number of anilines is 2. The van der Waals surface area contributed by atoms with Gasteiger partial charge in [0, 0.05) is 48.4 Å². The molecule has 4 heterocycles. The minimum absolute atomic E-state index is 0.201. The van der Waals surface area contributed by atoms with E-state index in [2.05, 4.69) is 63.2 Å². The Morgan fingerprint density at radius 3 is 2.93 bits per heavy atom. The van der Waals surface area contributed by atoms with E-state index in [1.165, 1.54) is 12.0 Å². The van der Waals surface area contributed by atoms with Crippen molar-refractivity contribution in [2.24, 2.45) is 0 Å². The predicted molar refractivity (Wildman–Crippen MR) is 111 cm³/mol. The molecule has 138 valence electrons. The number of benzene rings is 1. The Labute approximate surface area is 163 Å². The summed E-state index contributed by atoms with van der Waals surface area (Å²) in [6.07, 6.45) is 3.10. The summed E-state index contributed by atoms with van der Waals surface area (Å²) in [5, 5.41) is 10.4. The molecule has 0 amide bonds. The van der Waals surface area contributed by atoms with Gasteiger partial charge >= 0.3 is 0 Å². The molecule has 5 rings (SSSR count). The van der Waals surface area contributed by atoms with Crippen molar-refractivity contribution in [2.45, 2.75) is 31.5 Å². The lowest BCUT2D eigenvalue weighted by molar-refractivity contribution is 0.579. The topological polar surface area (TPSA) is 53.1 Å². The Hall–Kier alpha value is -2.44. The Kier molecular flexibility index (Phi) is 4.30. The molecule has 5 nitrogen and oxygen atoms in total. The number of piperazine rings is 1. The summed E-state index contributed by atoms with van der Waals surface area (Å²) in [4.78, 5) is 11.9. The van der Waals surface area contributed by atoms with Crippen molar-refractivity contribution in [3.05, 3.63) is 59.6 Å². The van der Waals surface area contributed by atoms with Gasteiger partial charge in [0.25, 0.3) is 0 Å². The molecule has 2 saturated heterocycles. The number of aromatic nitrogens is 2. The SMILES string of the molecule is CC(Nc1cc(-c2csc(N3CC4CC3CN4)n2)ccn1)c1ccccc1. The molecule has 0 saturated carbocycles. The molecule has 27 heavy (non-hydrogen) atoms. The Balaban J connectivity index is 1.33. The van der Waals surface area contributed by atoms with Crippen molar-refractivity contribution in [3.8, 4) is 11.3 Å². The minimum atomic E-state index is 0.201. The van der Waals surface area contributed by atoms with Gasteiger partial charge in [-0.05, 0) is 31.0 Å². The van der Waals surface area contributed by atoms with Crippen molar-refractivity contribution < 1.29 is 0 Å². The summed E-state index contributed by atoms with van der Waals surface area (Å²) >= 11 is 1.74. The molecule has 0 spiro atoms. The van der Waals surface area contributed by atoms with E-state index >= 15 is 0 Å². The maximum absolute atomic E-state index is 4.92. The molecule has 0 aliphatic carbocycles. The van der Waals surface area contributed by atoms with Crippen LogP contribution in [-0.4, -0.2) is 35.1 Å². The third-order valence-electron chi connectivity index (χ3n) is 5.51. The van der Waals surface area contributed by atoms with Gasteiger partial charge in [0.05, 0.1) is 5.69 Å². The van der Waals surface area contributed by atoms with Gasteiger partial charge in [0.2, 0.25) is 0 Å². The van der Waals surface area contributed by atoms with Gasteiger partial charge in [0.1, 0.15) is 5.82 Å². The normalized spacial score (nSPS) is 22.2. The number of pyridine rings is 1. The lowest BCUT2D eigenvalue weighted by Crippen LogP contribution is -2.43. The molecule has 3 aromatic rings. The summed E-state index contributed by atoms with van der Waals surface area (Å²) in [6, 6.07) is 16.0. The maximum atomic E-state index is 4.92. The second-order valence-corrected chi connectivity index (χ2v) is 8.21. The van der Waals surface area contributed by atoms with Crippen LogP contribution < -0.4 is 15.5 Å². The van der Waals surface area contributed by atoms with Crippen LogP contribution in [0.2, 0.25) is 0 Å². The van der Waals surface area contributed by atoms with Gasteiger partial charge < -0.3 is 15.5 Å². The highest BCUT2D eigenvalue weighted by atomic mass is 32.1. The second-order valence-electron chi connectivity index (χ2n) is 7.37. The van der Waals surface area contributed by atoms with Gasteiger partial charge in [-0.1, -0.05) is 30.3 Å². The molecule has 3 unspecified atom stereocenters. The number of nitrogens with one attached hydrogen (secondary N) is 2. The van der Waals surface area contributed by atoms with E-state index in [4.69, 9.17) is 4.98 Å². The number of hydrogen-bond acceptors (Lipinski definition) is 6. The van der Waals surface area contributed by atoms with Crippen molar-refractivity contribution >= 4 is 22.3 Å². The molecule has 2 bridgehead atoms.